The maximum absolute atomic E-state index is 10.9. The third-order valence-corrected chi connectivity index (χ3v) is 3.19. The maximum Gasteiger partial charge on any atom is 0.353 e. The fourth-order valence-corrected chi connectivity index (χ4v) is 2.27. The Labute approximate surface area is 118 Å². The van der Waals surface area contributed by atoms with Crippen molar-refractivity contribution in [2.75, 3.05) is 13.9 Å². The standard InChI is InChI=1S/C12H9ClN2O5/c1-18-10-5(6-3-7(12(16)17)15-14-6)2-8-11(9(10)13)20-4-19-8/h2-3H,4H2,1H3,(H,14,15)(H,16,17). The van der Waals surface area contributed by atoms with E-state index in [1.165, 1.54) is 13.2 Å². The lowest BCUT2D eigenvalue weighted by molar-refractivity contribution is 0.0690. The topological polar surface area (TPSA) is 93.7 Å². The van der Waals surface area contributed by atoms with Crippen LogP contribution in [0.15, 0.2) is 12.1 Å². The molecule has 104 valence electrons. The Balaban J connectivity index is 2.17. The van der Waals surface area contributed by atoms with Crippen LogP contribution < -0.4 is 14.2 Å². The van der Waals surface area contributed by atoms with Crippen molar-refractivity contribution in [3.8, 4) is 28.5 Å². The number of aromatic amines is 1. The molecule has 1 aromatic carbocycles. The molecule has 8 heteroatoms. The summed E-state index contributed by atoms with van der Waals surface area (Å²) in [7, 11) is 1.46. The van der Waals surface area contributed by atoms with Crippen molar-refractivity contribution in [2.24, 2.45) is 0 Å². The molecule has 1 aromatic heterocycles. The number of hydrogen-bond donors (Lipinski definition) is 2. The van der Waals surface area contributed by atoms with Gasteiger partial charge in [-0.15, -0.1) is 0 Å². The van der Waals surface area contributed by atoms with E-state index in [1.807, 2.05) is 0 Å². The van der Waals surface area contributed by atoms with Crippen molar-refractivity contribution in [1.29, 1.82) is 0 Å². The maximum atomic E-state index is 10.9. The monoisotopic (exact) mass is 296 g/mol. The number of halogens is 1. The molecule has 0 atom stereocenters. The van der Waals surface area contributed by atoms with Gasteiger partial charge in [-0.05, 0) is 12.1 Å². The van der Waals surface area contributed by atoms with Crippen molar-refractivity contribution in [2.45, 2.75) is 0 Å². The second-order valence-electron chi connectivity index (χ2n) is 3.98. The third kappa shape index (κ3) is 1.83. The van der Waals surface area contributed by atoms with Crippen molar-refractivity contribution >= 4 is 17.6 Å². The van der Waals surface area contributed by atoms with Crippen LogP contribution in [0, 0.1) is 0 Å². The molecule has 0 amide bonds. The molecule has 0 aliphatic carbocycles. The minimum atomic E-state index is -1.10. The molecule has 7 nitrogen and oxygen atoms in total. The first-order chi connectivity index (χ1) is 9.61. The Morgan fingerprint density at radius 3 is 2.95 bits per heavy atom. The Morgan fingerprint density at radius 1 is 1.50 bits per heavy atom. The number of benzene rings is 1. The van der Waals surface area contributed by atoms with E-state index >= 15 is 0 Å². The van der Waals surface area contributed by atoms with Gasteiger partial charge < -0.3 is 19.3 Å². The smallest absolute Gasteiger partial charge is 0.353 e. The summed E-state index contributed by atoms with van der Waals surface area (Å²) < 4.78 is 15.8. The van der Waals surface area contributed by atoms with E-state index in [1.54, 1.807) is 6.07 Å². The van der Waals surface area contributed by atoms with Crippen molar-refractivity contribution in [3.05, 3.63) is 22.8 Å². The molecule has 0 fully saturated rings. The highest BCUT2D eigenvalue weighted by atomic mass is 35.5. The van der Waals surface area contributed by atoms with E-state index in [2.05, 4.69) is 10.2 Å². The van der Waals surface area contributed by atoms with Gasteiger partial charge in [-0.3, -0.25) is 5.10 Å². The van der Waals surface area contributed by atoms with Crippen LogP contribution in [0.1, 0.15) is 10.5 Å². The molecule has 0 radical (unpaired) electrons. The summed E-state index contributed by atoms with van der Waals surface area (Å²) in [4.78, 5) is 10.9. The van der Waals surface area contributed by atoms with E-state index < -0.39 is 5.97 Å². The number of aromatic nitrogens is 2. The largest absolute Gasteiger partial charge is 0.494 e. The number of fused-ring (bicyclic) bond motifs is 1. The molecule has 20 heavy (non-hydrogen) atoms. The molecule has 0 saturated carbocycles. The Morgan fingerprint density at radius 2 is 2.30 bits per heavy atom. The first-order valence-electron chi connectivity index (χ1n) is 5.57. The van der Waals surface area contributed by atoms with E-state index in [9.17, 15) is 4.79 Å². The molecule has 2 N–H and O–H groups in total. The number of carbonyl (C=O) groups is 1. The molecule has 2 heterocycles. The zero-order chi connectivity index (χ0) is 14.3. The van der Waals surface area contributed by atoms with E-state index in [-0.39, 0.29) is 17.5 Å². The minimum absolute atomic E-state index is 0.0316. The first kappa shape index (κ1) is 12.6. The zero-order valence-electron chi connectivity index (χ0n) is 10.3. The van der Waals surface area contributed by atoms with Crippen LogP contribution in [0.2, 0.25) is 5.02 Å². The average Bonchev–Trinajstić information content (AvgIpc) is 3.07. The highest BCUT2D eigenvalue weighted by Crippen LogP contribution is 2.49. The average molecular weight is 297 g/mol. The summed E-state index contributed by atoms with van der Waals surface area (Å²) in [6, 6.07) is 3.04. The van der Waals surface area contributed by atoms with Gasteiger partial charge in [-0.1, -0.05) is 11.6 Å². The summed E-state index contributed by atoms with van der Waals surface area (Å²) in [5, 5.41) is 15.5. The predicted molar refractivity (Wildman–Crippen MR) is 68.7 cm³/mol. The Bertz CT molecular complexity index is 697. The van der Waals surface area contributed by atoms with E-state index in [0.29, 0.717) is 28.5 Å². The molecule has 1 aliphatic rings. The van der Waals surface area contributed by atoms with Crippen LogP contribution >= 0.6 is 11.6 Å². The molecule has 0 spiro atoms. The molecule has 0 saturated heterocycles. The van der Waals surface area contributed by atoms with Gasteiger partial charge >= 0.3 is 5.97 Å². The van der Waals surface area contributed by atoms with Gasteiger partial charge in [0.1, 0.15) is 10.7 Å². The number of methoxy groups -OCH3 is 1. The van der Waals surface area contributed by atoms with Crippen LogP contribution in [0.5, 0.6) is 17.2 Å². The molecule has 3 rings (SSSR count). The van der Waals surface area contributed by atoms with Gasteiger partial charge in [0.25, 0.3) is 0 Å². The Hall–Kier alpha value is -2.41. The molecule has 2 aromatic rings. The number of carboxylic acid groups (broad SMARTS) is 1. The highest BCUT2D eigenvalue weighted by Gasteiger charge is 2.26. The number of aromatic carboxylic acids is 1. The third-order valence-electron chi connectivity index (χ3n) is 2.85. The first-order valence-corrected chi connectivity index (χ1v) is 5.94. The second-order valence-corrected chi connectivity index (χ2v) is 4.36. The van der Waals surface area contributed by atoms with Gasteiger partial charge in [0, 0.05) is 5.56 Å². The number of H-pyrrole nitrogens is 1. The summed E-state index contributed by atoms with van der Waals surface area (Å²) in [5.41, 5.74) is 0.876. The van der Waals surface area contributed by atoms with Crippen LogP contribution in [-0.4, -0.2) is 35.2 Å². The lowest BCUT2D eigenvalue weighted by atomic mass is 10.1. The Kier molecular flexibility index (Phi) is 2.90. The van der Waals surface area contributed by atoms with Gasteiger partial charge in [0.2, 0.25) is 6.79 Å². The van der Waals surface area contributed by atoms with Crippen molar-refractivity contribution in [3.63, 3.8) is 0 Å². The molecule has 1 aliphatic heterocycles. The van der Waals surface area contributed by atoms with Crippen molar-refractivity contribution in [1.82, 2.24) is 10.2 Å². The summed E-state index contributed by atoms with van der Waals surface area (Å²) >= 11 is 6.19. The van der Waals surface area contributed by atoms with Gasteiger partial charge in [0.05, 0.1) is 12.8 Å². The van der Waals surface area contributed by atoms with Crippen LogP contribution in [0.4, 0.5) is 0 Å². The van der Waals surface area contributed by atoms with E-state index in [0.717, 1.165) is 0 Å². The van der Waals surface area contributed by atoms with Gasteiger partial charge in [0.15, 0.2) is 17.2 Å². The van der Waals surface area contributed by atoms with Gasteiger partial charge in [-0.2, -0.15) is 5.10 Å². The summed E-state index contributed by atoms with van der Waals surface area (Å²) in [6.07, 6.45) is 0. The number of nitrogens with one attached hydrogen (secondary N) is 1. The van der Waals surface area contributed by atoms with Crippen molar-refractivity contribution < 1.29 is 24.1 Å². The summed E-state index contributed by atoms with van der Waals surface area (Å²) in [5.74, 6) is 0.112. The van der Waals surface area contributed by atoms with Crippen LogP contribution in [0.3, 0.4) is 0 Å². The number of hydrogen-bond acceptors (Lipinski definition) is 5. The number of ether oxygens (including phenoxy) is 3. The molecule has 0 unspecified atom stereocenters. The second kappa shape index (κ2) is 4.61. The zero-order valence-corrected chi connectivity index (χ0v) is 11.0. The SMILES string of the molecule is COc1c(-c2cc(C(=O)O)[nH]n2)cc2c(c1Cl)OCO2. The lowest BCUT2D eigenvalue weighted by Crippen LogP contribution is -1.95. The van der Waals surface area contributed by atoms with E-state index in [4.69, 9.17) is 30.9 Å². The number of nitrogens with zero attached hydrogens (tertiary/aromatic N) is 1. The molecular weight excluding hydrogens is 288 g/mol. The van der Waals surface area contributed by atoms with Crippen LogP contribution in [0.25, 0.3) is 11.3 Å². The predicted octanol–water partition coefficient (Wildman–Crippen LogP) is 2.17. The number of carboxylic acids is 1. The number of rotatable bonds is 3. The summed E-state index contributed by atoms with van der Waals surface area (Å²) in [6.45, 7) is 0.0720. The molecule has 0 bridgehead atoms. The minimum Gasteiger partial charge on any atom is -0.494 e. The van der Waals surface area contributed by atoms with Gasteiger partial charge in [-0.25, -0.2) is 4.79 Å². The quantitative estimate of drug-likeness (QED) is 0.901. The fraction of sp³-hybridized carbons (Fsp3) is 0.167. The van der Waals surface area contributed by atoms with Crippen LogP contribution in [-0.2, 0) is 0 Å². The molecular formula is C12H9ClN2O5. The fourth-order valence-electron chi connectivity index (χ4n) is 1.94. The normalized spacial score (nSPS) is 12.5. The highest BCUT2D eigenvalue weighted by molar-refractivity contribution is 6.34. The lowest BCUT2D eigenvalue weighted by Gasteiger charge is -2.10.